The number of nitrogens with zero attached hydrogens (tertiary/aromatic N) is 2. The fourth-order valence-corrected chi connectivity index (χ4v) is 2.94. The number of piperazine rings is 1. The minimum absolute atomic E-state index is 0.0765. The molecule has 22 heavy (non-hydrogen) atoms. The summed E-state index contributed by atoms with van der Waals surface area (Å²) in [4.78, 5) is 19.0. The molecule has 1 aliphatic heterocycles. The van der Waals surface area contributed by atoms with Crippen LogP contribution in [0.4, 0.5) is 0 Å². The van der Waals surface area contributed by atoms with E-state index in [0.717, 1.165) is 5.56 Å². The number of amides is 1. The van der Waals surface area contributed by atoms with E-state index in [2.05, 4.69) is 24.1 Å². The molecule has 0 saturated carbocycles. The van der Waals surface area contributed by atoms with Gasteiger partial charge in [0.15, 0.2) is 0 Å². The van der Waals surface area contributed by atoms with Gasteiger partial charge in [0, 0.05) is 30.7 Å². The van der Waals surface area contributed by atoms with Crippen LogP contribution in [0.1, 0.15) is 30.1 Å². The van der Waals surface area contributed by atoms with Crippen LogP contribution in [-0.4, -0.2) is 41.0 Å². The predicted octanol–water partition coefficient (Wildman–Crippen LogP) is 2.47. The second-order valence-electron chi connectivity index (χ2n) is 5.98. The highest BCUT2D eigenvalue weighted by molar-refractivity contribution is 5.93. The Morgan fingerprint density at radius 2 is 1.86 bits per heavy atom. The molecule has 0 radical (unpaired) electrons. The number of rotatable bonds is 2. The van der Waals surface area contributed by atoms with E-state index in [1.807, 2.05) is 42.2 Å². The van der Waals surface area contributed by atoms with E-state index in [1.165, 1.54) is 0 Å². The van der Waals surface area contributed by atoms with Crippen LogP contribution >= 0.6 is 0 Å². The van der Waals surface area contributed by atoms with E-state index in [1.54, 1.807) is 0 Å². The van der Waals surface area contributed by atoms with Gasteiger partial charge >= 0.3 is 0 Å². The summed E-state index contributed by atoms with van der Waals surface area (Å²) in [5, 5.41) is 3.42. The van der Waals surface area contributed by atoms with Gasteiger partial charge in [-0.2, -0.15) is 0 Å². The number of hydrogen-bond donors (Lipinski definition) is 1. The Labute approximate surface area is 130 Å². The highest BCUT2D eigenvalue weighted by Crippen LogP contribution is 2.23. The molecule has 3 rings (SSSR count). The Hall–Kier alpha value is -2.14. The lowest BCUT2D eigenvalue weighted by molar-refractivity contribution is 0.0641. The Balaban J connectivity index is 1.86. The summed E-state index contributed by atoms with van der Waals surface area (Å²) in [5.41, 5.74) is 1.52. The van der Waals surface area contributed by atoms with Crippen LogP contribution in [0.2, 0.25) is 0 Å². The summed E-state index contributed by atoms with van der Waals surface area (Å²) in [6, 6.07) is 10.2. The van der Waals surface area contributed by atoms with Crippen molar-refractivity contribution in [2.24, 2.45) is 0 Å². The number of carbonyl (C=O) groups is 1. The summed E-state index contributed by atoms with van der Waals surface area (Å²) in [7, 11) is 0. The number of nitrogens with one attached hydrogen (secondary N) is 1. The number of oxazole rings is 1. The van der Waals surface area contributed by atoms with E-state index in [-0.39, 0.29) is 18.0 Å². The molecule has 2 atom stereocenters. The van der Waals surface area contributed by atoms with Crippen LogP contribution < -0.4 is 5.32 Å². The lowest BCUT2D eigenvalue weighted by Crippen LogP contribution is -2.55. The molecule has 2 heterocycles. The van der Waals surface area contributed by atoms with Gasteiger partial charge in [0.1, 0.15) is 0 Å². The molecule has 5 heteroatoms. The third kappa shape index (κ3) is 2.90. The fraction of sp³-hybridized carbons (Fsp3) is 0.412. The second-order valence-corrected chi connectivity index (χ2v) is 5.98. The molecule has 0 aliphatic carbocycles. The Morgan fingerprint density at radius 1 is 1.23 bits per heavy atom. The number of aromatic nitrogens is 1. The molecule has 116 valence electrons. The first-order valence-electron chi connectivity index (χ1n) is 7.62. The summed E-state index contributed by atoms with van der Waals surface area (Å²) < 4.78 is 5.76. The van der Waals surface area contributed by atoms with Gasteiger partial charge in [0.05, 0.1) is 5.69 Å². The molecule has 1 saturated heterocycles. The van der Waals surface area contributed by atoms with Crippen molar-refractivity contribution in [3.8, 4) is 11.5 Å². The van der Waals surface area contributed by atoms with Crippen LogP contribution in [-0.2, 0) is 0 Å². The normalized spacial score (nSPS) is 21.9. The Kier molecular flexibility index (Phi) is 3.98. The van der Waals surface area contributed by atoms with Crippen molar-refractivity contribution in [2.75, 3.05) is 13.1 Å². The maximum absolute atomic E-state index is 12.7. The highest BCUT2D eigenvalue weighted by atomic mass is 16.4. The molecule has 1 N–H and O–H groups in total. The van der Waals surface area contributed by atoms with Crippen molar-refractivity contribution in [3.05, 3.63) is 41.8 Å². The largest absolute Gasteiger partial charge is 0.431 e. The van der Waals surface area contributed by atoms with Crippen LogP contribution in [0.25, 0.3) is 11.5 Å². The molecule has 1 aliphatic rings. The number of hydrogen-bond acceptors (Lipinski definition) is 4. The summed E-state index contributed by atoms with van der Waals surface area (Å²) in [6.45, 7) is 7.35. The quantitative estimate of drug-likeness (QED) is 0.925. The molecule has 2 aromatic rings. The smallest absolute Gasteiger partial charge is 0.291 e. The van der Waals surface area contributed by atoms with Gasteiger partial charge in [-0.25, -0.2) is 4.98 Å². The summed E-state index contributed by atoms with van der Waals surface area (Å²) >= 11 is 0. The molecule has 5 nitrogen and oxygen atoms in total. The Bertz CT molecular complexity index is 656. The van der Waals surface area contributed by atoms with Gasteiger partial charge in [-0.1, -0.05) is 18.2 Å². The van der Waals surface area contributed by atoms with Crippen LogP contribution in [0.3, 0.4) is 0 Å². The van der Waals surface area contributed by atoms with Crippen molar-refractivity contribution in [3.63, 3.8) is 0 Å². The predicted molar refractivity (Wildman–Crippen MR) is 84.6 cm³/mol. The van der Waals surface area contributed by atoms with Crippen molar-refractivity contribution < 1.29 is 9.21 Å². The van der Waals surface area contributed by atoms with Crippen molar-refractivity contribution >= 4 is 5.91 Å². The standard InChI is InChI=1S/C17H21N3O2/c1-11-9-20(10-12(2)18-11)17(21)15-13(3)19-16(22-15)14-7-5-4-6-8-14/h4-8,11-12,18H,9-10H2,1-3H3/t11-,12-/m1/s1. The molecular weight excluding hydrogens is 278 g/mol. The van der Waals surface area contributed by atoms with Crippen LogP contribution in [0.15, 0.2) is 34.7 Å². The van der Waals surface area contributed by atoms with Crippen molar-refractivity contribution in [1.29, 1.82) is 0 Å². The van der Waals surface area contributed by atoms with E-state index in [4.69, 9.17) is 4.42 Å². The molecule has 0 bridgehead atoms. The molecular formula is C17H21N3O2. The minimum Gasteiger partial charge on any atom is -0.431 e. The molecule has 1 aromatic heterocycles. The van der Waals surface area contributed by atoms with Crippen molar-refractivity contribution in [2.45, 2.75) is 32.9 Å². The average molecular weight is 299 g/mol. The third-order valence-corrected chi connectivity index (χ3v) is 3.86. The zero-order valence-corrected chi connectivity index (χ0v) is 13.2. The molecule has 1 amide bonds. The van der Waals surface area contributed by atoms with Gasteiger partial charge in [0.2, 0.25) is 11.7 Å². The first kappa shape index (κ1) is 14.8. The maximum atomic E-state index is 12.7. The van der Waals surface area contributed by atoms with E-state index in [9.17, 15) is 4.79 Å². The number of carbonyl (C=O) groups excluding carboxylic acids is 1. The summed E-state index contributed by atoms with van der Waals surface area (Å²) in [5.74, 6) is 0.769. The molecule has 0 unspecified atom stereocenters. The van der Waals surface area contributed by atoms with Crippen LogP contribution in [0, 0.1) is 6.92 Å². The zero-order chi connectivity index (χ0) is 15.7. The van der Waals surface area contributed by atoms with Gasteiger partial charge in [-0.05, 0) is 32.9 Å². The highest BCUT2D eigenvalue weighted by Gasteiger charge is 2.29. The monoisotopic (exact) mass is 299 g/mol. The first-order valence-corrected chi connectivity index (χ1v) is 7.62. The van der Waals surface area contributed by atoms with Gasteiger partial charge in [-0.15, -0.1) is 0 Å². The maximum Gasteiger partial charge on any atom is 0.291 e. The molecule has 0 spiro atoms. The Morgan fingerprint density at radius 3 is 2.50 bits per heavy atom. The van der Waals surface area contributed by atoms with E-state index < -0.39 is 0 Å². The second kappa shape index (κ2) is 5.93. The number of benzene rings is 1. The first-order chi connectivity index (χ1) is 10.5. The molecule has 1 fully saturated rings. The zero-order valence-electron chi connectivity index (χ0n) is 13.2. The van der Waals surface area contributed by atoms with Crippen LogP contribution in [0.5, 0.6) is 0 Å². The van der Waals surface area contributed by atoms with E-state index in [0.29, 0.717) is 30.4 Å². The third-order valence-electron chi connectivity index (χ3n) is 3.86. The fourth-order valence-electron chi connectivity index (χ4n) is 2.94. The lowest BCUT2D eigenvalue weighted by Gasteiger charge is -2.35. The minimum atomic E-state index is -0.0765. The van der Waals surface area contributed by atoms with Gasteiger partial charge in [0.25, 0.3) is 5.91 Å². The topological polar surface area (TPSA) is 58.4 Å². The van der Waals surface area contributed by atoms with Crippen molar-refractivity contribution in [1.82, 2.24) is 15.2 Å². The SMILES string of the molecule is Cc1nc(-c2ccccc2)oc1C(=O)N1C[C@@H](C)N[C@H](C)C1. The summed E-state index contributed by atoms with van der Waals surface area (Å²) in [6.07, 6.45) is 0. The average Bonchev–Trinajstić information content (AvgIpc) is 2.88. The van der Waals surface area contributed by atoms with Gasteiger partial charge in [-0.3, -0.25) is 4.79 Å². The number of aryl methyl sites for hydroxylation is 1. The van der Waals surface area contributed by atoms with E-state index >= 15 is 0 Å². The lowest BCUT2D eigenvalue weighted by atomic mass is 10.1. The van der Waals surface area contributed by atoms with Gasteiger partial charge < -0.3 is 14.6 Å². The molecule has 1 aromatic carbocycles.